The van der Waals surface area contributed by atoms with Gasteiger partial charge >= 0.3 is 15.5 Å². The predicted octanol–water partition coefficient (Wildman–Crippen LogP) is 2.94. The summed E-state index contributed by atoms with van der Waals surface area (Å²) in [6.07, 6.45) is 1.62. The van der Waals surface area contributed by atoms with E-state index in [1.165, 1.54) is 0 Å². The van der Waals surface area contributed by atoms with Crippen LogP contribution in [-0.4, -0.2) is 55.4 Å². The van der Waals surface area contributed by atoms with E-state index in [1.54, 1.807) is 11.3 Å². The Balaban J connectivity index is 0.00000420. The zero-order valence-electron chi connectivity index (χ0n) is 16.3. The first kappa shape index (κ1) is 26.4. The Labute approximate surface area is 190 Å². The molecule has 2 N–H and O–H groups in total. The summed E-state index contributed by atoms with van der Waals surface area (Å²) in [5, 5.41) is 9.35. The van der Waals surface area contributed by atoms with Gasteiger partial charge in [0.1, 0.15) is 0 Å². The van der Waals surface area contributed by atoms with E-state index in [-0.39, 0.29) is 43.0 Å². The number of halogens is 4. The van der Waals surface area contributed by atoms with Crippen molar-refractivity contribution in [3.8, 4) is 0 Å². The Kier molecular flexibility index (Phi) is 10.6. The van der Waals surface area contributed by atoms with Crippen molar-refractivity contribution in [2.45, 2.75) is 45.2 Å². The molecule has 0 unspecified atom stereocenters. The topological polar surface area (TPSA) is 86.7 Å². The number of guanidine groups is 1. The van der Waals surface area contributed by atoms with Gasteiger partial charge in [-0.2, -0.15) is 17.5 Å². The molecular formula is C16H27F3IN5O2S2. The first-order valence-electron chi connectivity index (χ1n) is 9.19. The summed E-state index contributed by atoms with van der Waals surface area (Å²) in [4.78, 5) is 8.95. The molecule has 1 aliphatic rings. The second-order valence-electron chi connectivity index (χ2n) is 6.46. The molecule has 0 saturated carbocycles. The highest BCUT2D eigenvalue weighted by Gasteiger charge is 2.50. The van der Waals surface area contributed by atoms with Crippen LogP contribution in [-0.2, 0) is 23.0 Å². The number of piperidine rings is 1. The number of hydrogen-bond acceptors (Lipinski definition) is 5. The minimum atomic E-state index is -5.24. The summed E-state index contributed by atoms with van der Waals surface area (Å²) in [5.41, 5.74) is -4.35. The van der Waals surface area contributed by atoms with Gasteiger partial charge in [-0.3, -0.25) is 0 Å². The van der Waals surface area contributed by atoms with Crippen molar-refractivity contribution in [2.24, 2.45) is 10.9 Å². The van der Waals surface area contributed by atoms with Gasteiger partial charge in [0.05, 0.1) is 17.2 Å². The highest BCUT2D eigenvalue weighted by Crippen LogP contribution is 2.30. The molecule has 0 amide bonds. The molecule has 0 bridgehead atoms. The summed E-state index contributed by atoms with van der Waals surface area (Å²) < 4.78 is 61.3. The molecule has 0 atom stereocenters. The first-order valence-corrected chi connectivity index (χ1v) is 11.5. The van der Waals surface area contributed by atoms with Crippen LogP contribution in [0.1, 0.15) is 37.4 Å². The second kappa shape index (κ2) is 11.6. The van der Waals surface area contributed by atoms with E-state index < -0.39 is 15.5 Å². The van der Waals surface area contributed by atoms with Crippen LogP contribution in [0.5, 0.6) is 0 Å². The van der Waals surface area contributed by atoms with Gasteiger partial charge in [0.15, 0.2) is 5.96 Å². The number of aryl methyl sites for hydroxylation is 1. The normalized spacial score (nSPS) is 17.1. The summed E-state index contributed by atoms with van der Waals surface area (Å²) >= 11 is 1.60. The van der Waals surface area contributed by atoms with E-state index in [4.69, 9.17) is 0 Å². The maximum atomic E-state index is 12.6. The van der Waals surface area contributed by atoms with Crippen molar-refractivity contribution in [3.63, 3.8) is 0 Å². The Hall–Kier alpha value is -0.670. The van der Waals surface area contributed by atoms with Gasteiger partial charge in [0, 0.05) is 31.6 Å². The number of sulfonamides is 1. The third kappa shape index (κ3) is 7.51. The first-order chi connectivity index (χ1) is 13.2. The lowest BCUT2D eigenvalue weighted by Gasteiger charge is -2.31. The number of aliphatic imine (C=N–C) groups is 1. The van der Waals surface area contributed by atoms with Gasteiger partial charge in [-0.15, -0.1) is 35.3 Å². The molecule has 0 radical (unpaired) electrons. The zero-order valence-corrected chi connectivity index (χ0v) is 20.3. The lowest BCUT2D eigenvalue weighted by Crippen LogP contribution is -2.47. The maximum Gasteiger partial charge on any atom is 0.511 e. The Morgan fingerprint density at radius 3 is 2.48 bits per heavy atom. The summed E-state index contributed by atoms with van der Waals surface area (Å²) in [7, 11) is -5.23. The molecule has 2 heterocycles. The molecule has 13 heteroatoms. The van der Waals surface area contributed by atoms with Crippen molar-refractivity contribution in [1.82, 2.24) is 19.9 Å². The van der Waals surface area contributed by atoms with E-state index in [0.29, 0.717) is 42.7 Å². The summed E-state index contributed by atoms with van der Waals surface area (Å²) in [6, 6.07) is 0. The Morgan fingerprint density at radius 1 is 1.31 bits per heavy atom. The Morgan fingerprint density at radius 2 is 1.97 bits per heavy atom. The quantitative estimate of drug-likeness (QED) is 0.300. The van der Waals surface area contributed by atoms with Crippen LogP contribution < -0.4 is 10.6 Å². The predicted molar refractivity (Wildman–Crippen MR) is 119 cm³/mol. The number of aromatic nitrogens is 1. The average molecular weight is 569 g/mol. The van der Waals surface area contributed by atoms with Gasteiger partial charge in [-0.1, -0.05) is 6.92 Å². The fraction of sp³-hybridized carbons (Fsp3) is 0.750. The highest BCUT2D eigenvalue weighted by atomic mass is 127. The fourth-order valence-electron chi connectivity index (χ4n) is 2.83. The fourth-order valence-corrected chi connectivity index (χ4v) is 4.55. The summed E-state index contributed by atoms with van der Waals surface area (Å²) in [6.45, 7) is 5.36. The number of alkyl halides is 3. The molecule has 1 aliphatic heterocycles. The van der Waals surface area contributed by atoms with E-state index in [9.17, 15) is 21.6 Å². The molecular weight excluding hydrogens is 542 g/mol. The molecule has 2 rings (SSSR count). The molecule has 1 aromatic heterocycles. The number of hydrogen-bond donors (Lipinski definition) is 2. The van der Waals surface area contributed by atoms with Gasteiger partial charge in [0.25, 0.3) is 0 Å². The van der Waals surface area contributed by atoms with Crippen LogP contribution >= 0.6 is 35.3 Å². The van der Waals surface area contributed by atoms with Crippen LogP contribution in [0.2, 0.25) is 0 Å². The van der Waals surface area contributed by atoms with Crippen molar-refractivity contribution < 1.29 is 21.6 Å². The standard InChI is InChI=1S/C16H26F3N5O2S2.HI/c1-3-14-23-13(11-27-14)10-22-15(20-4-2)21-9-12-5-7-24(8-6-12)28(25,26)16(17,18)19;/h11-12H,3-10H2,1-2H3,(H2,20,21,22);1H. The number of nitrogens with zero attached hydrogens (tertiary/aromatic N) is 3. The van der Waals surface area contributed by atoms with Gasteiger partial charge in [-0.05, 0) is 32.1 Å². The van der Waals surface area contributed by atoms with Crippen LogP contribution in [0.3, 0.4) is 0 Å². The van der Waals surface area contributed by atoms with Gasteiger partial charge < -0.3 is 10.6 Å². The average Bonchev–Trinajstić information content (AvgIpc) is 3.11. The second-order valence-corrected chi connectivity index (χ2v) is 9.33. The van der Waals surface area contributed by atoms with E-state index in [0.717, 1.165) is 17.1 Å². The molecule has 168 valence electrons. The molecule has 0 aliphatic carbocycles. The minimum absolute atomic E-state index is 0. The van der Waals surface area contributed by atoms with Crippen molar-refractivity contribution in [3.05, 3.63) is 16.1 Å². The molecule has 0 aromatic carbocycles. The van der Waals surface area contributed by atoms with E-state index in [2.05, 4.69) is 20.6 Å². The molecule has 1 aromatic rings. The maximum absolute atomic E-state index is 12.6. The lowest BCUT2D eigenvalue weighted by atomic mass is 9.98. The van der Waals surface area contributed by atoms with Crippen LogP contribution in [0.15, 0.2) is 10.4 Å². The van der Waals surface area contributed by atoms with E-state index in [1.807, 2.05) is 19.2 Å². The van der Waals surface area contributed by atoms with Crippen LogP contribution in [0.4, 0.5) is 13.2 Å². The van der Waals surface area contributed by atoms with Crippen molar-refractivity contribution >= 4 is 51.3 Å². The van der Waals surface area contributed by atoms with Gasteiger partial charge in [-0.25, -0.2) is 18.4 Å². The van der Waals surface area contributed by atoms with Crippen LogP contribution in [0, 0.1) is 5.92 Å². The third-order valence-corrected chi connectivity index (χ3v) is 7.08. The van der Waals surface area contributed by atoms with Crippen molar-refractivity contribution in [2.75, 3.05) is 26.2 Å². The van der Waals surface area contributed by atoms with Crippen LogP contribution in [0.25, 0.3) is 0 Å². The molecule has 1 saturated heterocycles. The van der Waals surface area contributed by atoms with Crippen molar-refractivity contribution in [1.29, 1.82) is 0 Å². The molecule has 7 nitrogen and oxygen atoms in total. The number of rotatable bonds is 7. The summed E-state index contributed by atoms with van der Waals surface area (Å²) in [5.74, 6) is 0.688. The zero-order chi connectivity index (χ0) is 20.8. The molecule has 29 heavy (non-hydrogen) atoms. The molecule has 0 spiro atoms. The smallest absolute Gasteiger partial charge is 0.357 e. The lowest BCUT2D eigenvalue weighted by molar-refractivity contribution is -0.0496. The number of thiazole rings is 1. The largest absolute Gasteiger partial charge is 0.511 e. The SMILES string of the molecule is CCNC(=NCc1csc(CC)n1)NCC1CCN(S(=O)(=O)C(F)(F)F)CC1.I. The minimum Gasteiger partial charge on any atom is -0.357 e. The van der Waals surface area contributed by atoms with E-state index >= 15 is 0 Å². The Bertz CT molecular complexity index is 763. The molecule has 1 fully saturated rings. The monoisotopic (exact) mass is 569 g/mol. The highest BCUT2D eigenvalue weighted by molar-refractivity contribution is 14.0. The number of nitrogens with one attached hydrogen (secondary N) is 2. The van der Waals surface area contributed by atoms with Gasteiger partial charge in [0.2, 0.25) is 0 Å². The third-order valence-electron chi connectivity index (χ3n) is 4.41.